The lowest BCUT2D eigenvalue weighted by atomic mass is 10.2. The topological polar surface area (TPSA) is 93.9 Å². The summed E-state index contributed by atoms with van der Waals surface area (Å²) in [5.74, 6) is -0.00136. The lowest BCUT2D eigenvalue weighted by Crippen LogP contribution is -2.45. The molecule has 0 aromatic heterocycles. The number of carbonyl (C=O) groups excluding carboxylic acids is 2. The van der Waals surface area contributed by atoms with Gasteiger partial charge in [-0.15, -0.1) is 0 Å². The molecule has 0 radical (unpaired) electrons. The fraction of sp³-hybridized carbons (Fsp3) is 0.385. The number of anilines is 2. The minimum atomic E-state index is -0.260. The van der Waals surface area contributed by atoms with Gasteiger partial charge < -0.3 is 20.5 Å². The molecule has 0 unspecified atom stereocenters. The van der Waals surface area contributed by atoms with Gasteiger partial charge in [0, 0.05) is 25.4 Å². The Morgan fingerprint density at radius 1 is 1.55 bits per heavy atom. The first-order chi connectivity index (χ1) is 9.61. The van der Waals surface area contributed by atoms with Crippen LogP contribution < -0.4 is 20.7 Å². The molecule has 2 rings (SSSR count). The van der Waals surface area contributed by atoms with Crippen LogP contribution in [-0.2, 0) is 14.3 Å². The molecule has 20 heavy (non-hydrogen) atoms. The van der Waals surface area contributed by atoms with E-state index in [-0.39, 0.29) is 25.0 Å². The largest absolute Gasteiger partial charge is 0.481 e. The summed E-state index contributed by atoms with van der Waals surface area (Å²) >= 11 is 0. The van der Waals surface area contributed by atoms with Crippen molar-refractivity contribution in [1.82, 2.24) is 5.32 Å². The Labute approximate surface area is 116 Å². The number of rotatable bonds is 5. The number of ether oxygens (including phenoxy) is 2. The highest BCUT2D eigenvalue weighted by atomic mass is 16.5. The first-order valence-electron chi connectivity index (χ1n) is 6.20. The van der Waals surface area contributed by atoms with E-state index in [4.69, 9.17) is 15.2 Å². The molecule has 0 aliphatic carbocycles. The molecule has 3 N–H and O–H groups in total. The third-order valence-corrected chi connectivity index (χ3v) is 2.86. The predicted molar refractivity (Wildman–Crippen MR) is 73.6 cm³/mol. The van der Waals surface area contributed by atoms with Crippen molar-refractivity contribution in [1.29, 1.82) is 0 Å². The number of hydrogen-bond donors (Lipinski definition) is 2. The van der Waals surface area contributed by atoms with Crippen LogP contribution in [0.5, 0.6) is 5.75 Å². The molecule has 1 aliphatic rings. The molecule has 0 atom stereocenters. The molecule has 0 saturated carbocycles. The maximum atomic E-state index is 11.9. The molecule has 2 amide bonds. The highest BCUT2D eigenvalue weighted by molar-refractivity contribution is 6.02. The molecular weight excluding hydrogens is 262 g/mol. The third-order valence-electron chi connectivity index (χ3n) is 2.86. The number of methoxy groups -OCH3 is 1. The highest BCUT2D eigenvalue weighted by Gasteiger charge is 2.27. The number of nitrogens with two attached hydrogens (primary N) is 1. The normalized spacial score (nSPS) is 13.7. The van der Waals surface area contributed by atoms with E-state index < -0.39 is 0 Å². The van der Waals surface area contributed by atoms with Crippen molar-refractivity contribution in [2.45, 2.75) is 0 Å². The summed E-state index contributed by atoms with van der Waals surface area (Å²) in [6, 6.07) is 4.97. The van der Waals surface area contributed by atoms with E-state index in [1.807, 2.05) is 0 Å². The van der Waals surface area contributed by atoms with Crippen LogP contribution in [0.2, 0.25) is 0 Å². The van der Waals surface area contributed by atoms with Crippen molar-refractivity contribution in [2.75, 3.05) is 44.0 Å². The van der Waals surface area contributed by atoms with Gasteiger partial charge in [0.1, 0.15) is 12.3 Å². The quantitative estimate of drug-likeness (QED) is 0.573. The Hall–Kier alpha value is -2.28. The van der Waals surface area contributed by atoms with Crippen molar-refractivity contribution in [3.05, 3.63) is 18.2 Å². The predicted octanol–water partition coefficient (Wildman–Crippen LogP) is -0.243. The lowest BCUT2D eigenvalue weighted by Gasteiger charge is -2.29. The first kappa shape index (κ1) is 14.1. The summed E-state index contributed by atoms with van der Waals surface area (Å²) in [6.45, 7) is 0.684. The van der Waals surface area contributed by atoms with Crippen molar-refractivity contribution < 1.29 is 19.1 Å². The summed E-state index contributed by atoms with van der Waals surface area (Å²) in [5, 5.41) is 2.67. The maximum absolute atomic E-state index is 11.9. The number of nitrogens with one attached hydrogen (secondary N) is 1. The van der Waals surface area contributed by atoms with Crippen molar-refractivity contribution in [3.63, 3.8) is 0 Å². The SMILES string of the molecule is COCCNC(=O)CN1C(=O)COc2cc(N)ccc21. The van der Waals surface area contributed by atoms with Gasteiger partial charge in [-0.2, -0.15) is 0 Å². The van der Waals surface area contributed by atoms with Crippen LogP contribution in [-0.4, -0.2) is 45.2 Å². The van der Waals surface area contributed by atoms with Crippen molar-refractivity contribution in [3.8, 4) is 5.75 Å². The van der Waals surface area contributed by atoms with Gasteiger partial charge in [0.15, 0.2) is 6.61 Å². The molecule has 7 heteroatoms. The zero-order valence-corrected chi connectivity index (χ0v) is 11.2. The van der Waals surface area contributed by atoms with Gasteiger partial charge in [-0.1, -0.05) is 0 Å². The van der Waals surface area contributed by atoms with E-state index >= 15 is 0 Å². The second kappa shape index (κ2) is 6.25. The van der Waals surface area contributed by atoms with E-state index in [1.54, 1.807) is 25.3 Å². The number of carbonyl (C=O) groups is 2. The number of nitrogen functional groups attached to an aromatic ring is 1. The lowest BCUT2D eigenvalue weighted by molar-refractivity contribution is -0.125. The number of nitrogens with zero attached hydrogens (tertiary/aromatic N) is 1. The molecule has 0 saturated heterocycles. The Kier molecular flexibility index (Phi) is 4.41. The minimum absolute atomic E-state index is 0.0528. The van der Waals surface area contributed by atoms with Crippen LogP contribution in [0.3, 0.4) is 0 Å². The van der Waals surface area contributed by atoms with Crippen LogP contribution in [0.4, 0.5) is 11.4 Å². The van der Waals surface area contributed by atoms with Crippen molar-refractivity contribution in [2.24, 2.45) is 0 Å². The Morgan fingerprint density at radius 2 is 2.35 bits per heavy atom. The minimum Gasteiger partial charge on any atom is -0.481 e. The summed E-state index contributed by atoms with van der Waals surface area (Å²) in [4.78, 5) is 25.0. The van der Waals surface area contributed by atoms with Crippen LogP contribution in [0.25, 0.3) is 0 Å². The third kappa shape index (κ3) is 3.18. The van der Waals surface area contributed by atoms with E-state index in [1.165, 1.54) is 4.90 Å². The molecule has 0 bridgehead atoms. The molecular formula is C13H17N3O4. The van der Waals surface area contributed by atoms with Gasteiger partial charge >= 0.3 is 0 Å². The number of benzene rings is 1. The van der Waals surface area contributed by atoms with Gasteiger partial charge in [0.05, 0.1) is 12.3 Å². The fourth-order valence-corrected chi connectivity index (χ4v) is 1.89. The average Bonchev–Trinajstić information content (AvgIpc) is 2.42. The van der Waals surface area contributed by atoms with E-state index in [2.05, 4.69) is 5.32 Å². The second-order valence-electron chi connectivity index (χ2n) is 4.34. The molecule has 0 spiro atoms. The van der Waals surface area contributed by atoms with Gasteiger partial charge in [-0.25, -0.2) is 0 Å². The van der Waals surface area contributed by atoms with Gasteiger partial charge in [-0.05, 0) is 12.1 Å². The number of amides is 2. The summed E-state index contributed by atoms with van der Waals surface area (Å²) in [7, 11) is 1.55. The molecule has 0 fully saturated rings. The van der Waals surface area contributed by atoms with Crippen LogP contribution in [0.15, 0.2) is 18.2 Å². The van der Waals surface area contributed by atoms with Crippen molar-refractivity contribution >= 4 is 23.2 Å². The molecule has 1 aromatic carbocycles. The Bertz CT molecular complexity index is 518. The second-order valence-corrected chi connectivity index (χ2v) is 4.34. The first-order valence-corrected chi connectivity index (χ1v) is 6.20. The standard InChI is InChI=1S/C13H17N3O4/c1-19-5-4-15-12(17)7-16-10-3-2-9(14)6-11(10)20-8-13(16)18/h2-3,6H,4-5,7-8,14H2,1H3,(H,15,17). The summed E-state index contributed by atoms with van der Waals surface area (Å²) in [5.41, 5.74) is 6.76. The average molecular weight is 279 g/mol. The zero-order valence-electron chi connectivity index (χ0n) is 11.2. The monoisotopic (exact) mass is 279 g/mol. The Balaban J connectivity index is 2.07. The molecule has 7 nitrogen and oxygen atoms in total. The highest BCUT2D eigenvalue weighted by Crippen LogP contribution is 2.33. The van der Waals surface area contributed by atoms with Gasteiger partial charge in [-0.3, -0.25) is 14.5 Å². The van der Waals surface area contributed by atoms with Crippen LogP contribution in [0, 0.1) is 0 Å². The maximum Gasteiger partial charge on any atom is 0.265 e. The molecule has 1 heterocycles. The summed E-state index contributed by atoms with van der Waals surface area (Å²) < 4.78 is 10.1. The fourth-order valence-electron chi connectivity index (χ4n) is 1.89. The molecule has 1 aliphatic heterocycles. The van der Waals surface area contributed by atoms with Crippen LogP contribution >= 0.6 is 0 Å². The van der Waals surface area contributed by atoms with Gasteiger partial charge in [0.25, 0.3) is 5.91 Å². The Morgan fingerprint density at radius 3 is 3.10 bits per heavy atom. The number of fused-ring (bicyclic) bond motifs is 1. The van der Waals surface area contributed by atoms with Gasteiger partial charge in [0.2, 0.25) is 5.91 Å². The van der Waals surface area contributed by atoms with E-state index in [0.29, 0.717) is 30.3 Å². The van der Waals surface area contributed by atoms with E-state index in [0.717, 1.165) is 0 Å². The zero-order chi connectivity index (χ0) is 14.5. The molecule has 1 aromatic rings. The smallest absolute Gasteiger partial charge is 0.265 e. The van der Waals surface area contributed by atoms with E-state index in [9.17, 15) is 9.59 Å². The molecule has 108 valence electrons. The number of hydrogen-bond acceptors (Lipinski definition) is 5. The van der Waals surface area contributed by atoms with Crippen LogP contribution in [0.1, 0.15) is 0 Å². The summed E-state index contributed by atoms with van der Waals surface area (Å²) in [6.07, 6.45) is 0.